The van der Waals surface area contributed by atoms with Crippen LogP contribution >= 0.6 is 11.6 Å². The zero-order valence-electron chi connectivity index (χ0n) is 11.3. The minimum Gasteiger partial charge on any atom is -0.294 e. The predicted molar refractivity (Wildman–Crippen MR) is 75.5 cm³/mol. The lowest BCUT2D eigenvalue weighted by Gasteiger charge is -2.07. The zero-order valence-corrected chi connectivity index (χ0v) is 12.0. The molecular formula is C16H11ClF4O. The summed E-state index contributed by atoms with van der Waals surface area (Å²) in [4.78, 5) is 11.9. The topological polar surface area (TPSA) is 17.1 Å². The van der Waals surface area contributed by atoms with E-state index in [1.165, 1.54) is 6.07 Å². The Morgan fingerprint density at radius 1 is 1.05 bits per heavy atom. The fraction of sp³-hybridized carbons (Fsp3) is 0.188. The molecule has 0 saturated carbocycles. The molecule has 0 fully saturated rings. The van der Waals surface area contributed by atoms with Crippen LogP contribution in [-0.2, 0) is 12.6 Å². The van der Waals surface area contributed by atoms with Crippen molar-refractivity contribution in [3.8, 4) is 0 Å². The van der Waals surface area contributed by atoms with E-state index < -0.39 is 17.6 Å². The van der Waals surface area contributed by atoms with E-state index in [2.05, 4.69) is 0 Å². The Morgan fingerprint density at radius 3 is 2.23 bits per heavy atom. The summed E-state index contributed by atoms with van der Waals surface area (Å²) in [5.74, 6) is -0.807. The summed E-state index contributed by atoms with van der Waals surface area (Å²) in [7, 11) is 0. The summed E-state index contributed by atoms with van der Waals surface area (Å²) >= 11 is 5.71. The molecule has 2 aromatic rings. The lowest BCUT2D eigenvalue weighted by Crippen LogP contribution is -2.06. The lowest BCUT2D eigenvalue weighted by molar-refractivity contribution is -0.137. The van der Waals surface area contributed by atoms with Crippen molar-refractivity contribution in [2.75, 3.05) is 0 Å². The summed E-state index contributed by atoms with van der Waals surface area (Å²) in [5.41, 5.74) is -0.0540. The Bertz CT molecular complexity index is 657. The van der Waals surface area contributed by atoms with Gasteiger partial charge in [0.2, 0.25) is 0 Å². The van der Waals surface area contributed by atoms with Crippen LogP contribution in [0.1, 0.15) is 27.9 Å². The minimum atomic E-state index is -4.43. The molecule has 0 aliphatic carbocycles. The molecule has 116 valence electrons. The molecule has 0 heterocycles. The second kappa shape index (κ2) is 6.48. The minimum absolute atomic E-state index is 0.0607. The molecule has 0 amide bonds. The van der Waals surface area contributed by atoms with E-state index in [4.69, 9.17) is 11.6 Å². The number of carbonyl (C=O) groups excluding carboxylic acids is 1. The number of carbonyl (C=O) groups is 1. The van der Waals surface area contributed by atoms with Gasteiger partial charge in [-0.05, 0) is 42.3 Å². The summed E-state index contributed by atoms with van der Waals surface area (Å²) in [6, 6.07) is 7.99. The molecule has 0 N–H and O–H groups in total. The average molecular weight is 331 g/mol. The van der Waals surface area contributed by atoms with Crippen molar-refractivity contribution in [2.24, 2.45) is 0 Å². The quantitative estimate of drug-likeness (QED) is 0.548. The maximum atomic E-state index is 13.2. The van der Waals surface area contributed by atoms with Gasteiger partial charge in [0.15, 0.2) is 5.78 Å². The van der Waals surface area contributed by atoms with Gasteiger partial charge in [-0.25, -0.2) is 4.39 Å². The predicted octanol–water partition coefficient (Wildman–Crippen LogP) is 5.31. The number of hydrogen-bond acceptors (Lipinski definition) is 1. The normalized spacial score (nSPS) is 11.5. The molecule has 1 nitrogen and oxygen atoms in total. The lowest BCUT2D eigenvalue weighted by atomic mass is 10.0. The summed E-state index contributed by atoms with van der Waals surface area (Å²) in [6.45, 7) is 0. The Kier molecular flexibility index (Phi) is 4.86. The van der Waals surface area contributed by atoms with E-state index in [0.29, 0.717) is 5.56 Å². The smallest absolute Gasteiger partial charge is 0.294 e. The Labute approximate surface area is 129 Å². The Morgan fingerprint density at radius 2 is 1.68 bits per heavy atom. The second-order valence-corrected chi connectivity index (χ2v) is 5.21. The van der Waals surface area contributed by atoms with Crippen molar-refractivity contribution in [1.82, 2.24) is 0 Å². The molecular weight excluding hydrogens is 320 g/mol. The van der Waals surface area contributed by atoms with Gasteiger partial charge in [-0.15, -0.1) is 0 Å². The van der Waals surface area contributed by atoms with Gasteiger partial charge in [-0.3, -0.25) is 4.79 Å². The van der Waals surface area contributed by atoms with Crippen LogP contribution in [0, 0.1) is 5.82 Å². The van der Waals surface area contributed by atoms with E-state index in [1.807, 2.05) is 0 Å². The number of ketones is 1. The van der Waals surface area contributed by atoms with Crippen molar-refractivity contribution in [3.63, 3.8) is 0 Å². The van der Waals surface area contributed by atoms with Crippen molar-refractivity contribution in [2.45, 2.75) is 19.0 Å². The van der Waals surface area contributed by atoms with Crippen LogP contribution < -0.4 is 0 Å². The van der Waals surface area contributed by atoms with Crippen LogP contribution in [0.2, 0.25) is 5.02 Å². The maximum Gasteiger partial charge on any atom is 0.416 e. The van der Waals surface area contributed by atoms with E-state index in [9.17, 15) is 22.4 Å². The maximum absolute atomic E-state index is 13.2. The third-order valence-corrected chi connectivity index (χ3v) is 3.32. The van der Waals surface area contributed by atoms with Gasteiger partial charge in [-0.1, -0.05) is 23.7 Å². The largest absolute Gasteiger partial charge is 0.416 e. The second-order valence-electron chi connectivity index (χ2n) is 4.78. The summed E-state index contributed by atoms with van der Waals surface area (Å²) in [5, 5.41) is 0.233. The van der Waals surface area contributed by atoms with E-state index in [1.54, 1.807) is 6.07 Å². The van der Waals surface area contributed by atoms with Crippen molar-refractivity contribution >= 4 is 17.4 Å². The highest BCUT2D eigenvalue weighted by atomic mass is 35.5. The standard InChI is InChI=1S/C16H11ClF4O/c17-13-7-10(8-14(18)9-13)1-6-15(22)11-2-4-12(5-3-11)16(19,20)21/h2-5,7-9H,1,6H2. The molecule has 0 spiro atoms. The van der Waals surface area contributed by atoms with E-state index >= 15 is 0 Å². The van der Waals surface area contributed by atoms with Crippen molar-refractivity contribution in [1.29, 1.82) is 0 Å². The molecule has 22 heavy (non-hydrogen) atoms. The number of hydrogen-bond donors (Lipinski definition) is 0. The molecule has 2 aromatic carbocycles. The third-order valence-electron chi connectivity index (χ3n) is 3.10. The van der Waals surface area contributed by atoms with Crippen molar-refractivity contribution in [3.05, 3.63) is 70.0 Å². The molecule has 0 unspecified atom stereocenters. The van der Waals surface area contributed by atoms with Crippen LogP contribution in [0.25, 0.3) is 0 Å². The van der Waals surface area contributed by atoms with Crippen molar-refractivity contribution < 1.29 is 22.4 Å². The molecule has 6 heteroatoms. The molecule has 0 aliphatic rings. The first-order valence-corrected chi connectivity index (χ1v) is 6.79. The number of alkyl halides is 3. The fourth-order valence-corrected chi connectivity index (χ4v) is 2.25. The Balaban J connectivity index is 2.03. The first kappa shape index (κ1) is 16.5. The highest BCUT2D eigenvalue weighted by molar-refractivity contribution is 6.30. The number of aryl methyl sites for hydroxylation is 1. The number of rotatable bonds is 4. The summed E-state index contributed by atoms with van der Waals surface area (Å²) in [6.07, 6.45) is -4.11. The van der Waals surface area contributed by atoms with Crippen LogP contribution in [0.4, 0.5) is 17.6 Å². The first-order chi connectivity index (χ1) is 10.3. The number of halogens is 5. The van der Waals surface area contributed by atoms with E-state index in [-0.39, 0.29) is 29.2 Å². The average Bonchev–Trinajstić information content (AvgIpc) is 2.43. The fourth-order valence-electron chi connectivity index (χ4n) is 2.00. The highest BCUT2D eigenvalue weighted by Crippen LogP contribution is 2.29. The molecule has 0 radical (unpaired) electrons. The monoisotopic (exact) mass is 330 g/mol. The third kappa shape index (κ3) is 4.31. The summed E-state index contributed by atoms with van der Waals surface area (Å²) < 4.78 is 50.5. The van der Waals surface area contributed by atoms with Crippen LogP contribution in [0.5, 0.6) is 0 Å². The molecule has 0 bridgehead atoms. The van der Waals surface area contributed by atoms with Gasteiger partial charge in [0, 0.05) is 17.0 Å². The molecule has 0 saturated heterocycles. The van der Waals surface area contributed by atoms with E-state index in [0.717, 1.165) is 30.3 Å². The Hall–Kier alpha value is -1.88. The van der Waals surface area contributed by atoms with Gasteiger partial charge in [-0.2, -0.15) is 13.2 Å². The SMILES string of the molecule is O=C(CCc1cc(F)cc(Cl)c1)c1ccc(C(F)(F)F)cc1. The van der Waals surface area contributed by atoms with Crippen LogP contribution in [0.15, 0.2) is 42.5 Å². The van der Waals surface area contributed by atoms with Gasteiger partial charge >= 0.3 is 6.18 Å². The van der Waals surface area contributed by atoms with Gasteiger partial charge in [0.05, 0.1) is 5.56 Å². The molecule has 0 aromatic heterocycles. The number of benzene rings is 2. The van der Waals surface area contributed by atoms with Gasteiger partial charge < -0.3 is 0 Å². The van der Waals surface area contributed by atoms with Crippen LogP contribution in [0.3, 0.4) is 0 Å². The van der Waals surface area contributed by atoms with Gasteiger partial charge in [0.1, 0.15) is 5.82 Å². The highest BCUT2D eigenvalue weighted by Gasteiger charge is 2.30. The van der Waals surface area contributed by atoms with Crippen LogP contribution in [-0.4, -0.2) is 5.78 Å². The zero-order chi connectivity index (χ0) is 16.3. The van der Waals surface area contributed by atoms with Gasteiger partial charge in [0.25, 0.3) is 0 Å². The molecule has 0 aliphatic heterocycles. The first-order valence-electron chi connectivity index (χ1n) is 6.41. The molecule has 2 rings (SSSR count). The number of Topliss-reactive ketones (excluding diaryl/α,β-unsaturated/α-hetero) is 1. The molecule has 0 atom stereocenters.